The summed E-state index contributed by atoms with van der Waals surface area (Å²) in [4.78, 5) is 14.0. The topological polar surface area (TPSA) is 29.5 Å². The number of carbonyl (C=O) groups excluding carboxylic acids is 1. The van der Waals surface area contributed by atoms with Gasteiger partial charge in [0.1, 0.15) is 4.90 Å². The summed E-state index contributed by atoms with van der Waals surface area (Å²) in [6, 6.07) is 1.52. The first kappa shape index (κ1) is 15.7. The second-order valence-electron chi connectivity index (χ2n) is 3.99. The highest BCUT2D eigenvalue weighted by atomic mass is 32.5. The van der Waals surface area contributed by atoms with Gasteiger partial charge in [0.25, 0.3) is 5.91 Å². The fourth-order valence-electron chi connectivity index (χ4n) is 1.36. The molecule has 1 rings (SSSR count). The molecule has 1 aromatic rings. The van der Waals surface area contributed by atoms with Crippen molar-refractivity contribution in [3.8, 4) is 0 Å². The highest BCUT2D eigenvalue weighted by Crippen LogP contribution is 3.02. The molecule has 3 nitrogen and oxygen atoms in total. The van der Waals surface area contributed by atoms with Crippen molar-refractivity contribution < 1.29 is 29.1 Å². The summed E-state index contributed by atoms with van der Waals surface area (Å²) in [5.74, 6) is -0.950. The zero-order valence-corrected chi connectivity index (χ0v) is 11.1. The standard InChI is InChI=1S/C10H12F5NO2S/c1-7-4-8(10(17)16(2)18-3)6-9(5-7)19(11,12,13,14)15/h4-6H,1-3H3. The van der Waals surface area contributed by atoms with E-state index in [1.54, 1.807) is 0 Å². The SMILES string of the molecule is CON(C)C(=O)c1cc(C)cc(S(F)(F)(F)(F)F)c1. The second-order valence-corrected chi connectivity index (χ2v) is 6.40. The largest absolute Gasteiger partial charge is 0.310 e. The van der Waals surface area contributed by atoms with Crippen molar-refractivity contribution in [2.24, 2.45) is 0 Å². The molecule has 1 aromatic carbocycles. The minimum absolute atomic E-state index is 0.0985. The molecule has 0 spiro atoms. The van der Waals surface area contributed by atoms with Crippen molar-refractivity contribution in [1.82, 2.24) is 5.06 Å². The molecule has 0 aliphatic heterocycles. The molecule has 9 heteroatoms. The quantitative estimate of drug-likeness (QED) is 0.616. The summed E-state index contributed by atoms with van der Waals surface area (Å²) >= 11 is 0. The molecule has 0 saturated heterocycles. The molecule has 0 N–H and O–H groups in total. The van der Waals surface area contributed by atoms with Crippen molar-refractivity contribution in [1.29, 1.82) is 0 Å². The molecule has 0 saturated carbocycles. The van der Waals surface area contributed by atoms with Gasteiger partial charge in [-0.25, -0.2) is 5.06 Å². The monoisotopic (exact) mass is 305 g/mol. The fourth-order valence-corrected chi connectivity index (χ4v) is 2.12. The number of carbonyl (C=O) groups is 1. The van der Waals surface area contributed by atoms with Crippen molar-refractivity contribution in [2.45, 2.75) is 11.8 Å². The molecule has 0 heterocycles. The third-order valence-electron chi connectivity index (χ3n) is 2.30. The zero-order chi connectivity index (χ0) is 15.1. The number of benzene rings is 1. The molecular formula is C10H12F5NO2S. The van der Waals surface area contributed by atoms with Gasteiger partial charge in [0.05, 0.1) is 7.11 Å². The Morgan fingerprint density at radius 1 is 1.16 bits per heavy atom. The van der Waals surface area contributed by atoms with Crippen LogP contribution in [0.1, 0.15) is 15.9 Å². The van der Waals surface area contributed by atoms with Crippen LogP contribution in [-0.4, -0.2) is 25.1 Å². The first-order valence-electron chi connectivity index (χ1n) is 4.92. The Balaban J connectivity index is 3.44. The second kappa shape index (κ2) is 3.83. The number of aryl methyl sites for hydroxylation is 1. The normalized spacial score (nSPS) is 15.6. The first-order chi connectivity index (χ1) is 8.24. The summed E-state index contributed by atoms with van der Waals surface area (Å²) in [6.45, 7) is 1.19. The maximum atomic E-state index is 12.7. The van der Waals surface area contributed by atoms with Crippen LogP contribution in [0, 0.1) is 6.92 Å². The molecule has 0 fully saturated rings. The number of halogens is 5. The molecular weight excluding hydrogens is 293 g/mol. The molecule has 0 bridgehead atoms. The molecule has 19 heavy (non-hydrogen) atoms. The van der Waals surface area contributed by atoms with Crippen molar-refractivity contribution in [3.05, 3.63) is 29.3 Å². The lowest BCUT2D eigenvalue weighted by Crippen LogP contribution is -2.25. The van der Waals surface area contributed by atoms with E-state index in [1.165, 1.54) is 6.92 Å². The Bertz CT molecular complexity index is 528. The number of amides is 1. The van der Waals surface area contributed by atoms with Crippen LogP contribution < -0.4 is 0 Å². The van der Waals surface area contributed by atoms with Gasteiger partial charge in [0.2, 0.25) is 0 Å². The summed E-state index contributed by atoms with van der Waals surface area (Å²) in [6.07, 6.45) is 0. The Kier molecular flexibility index (Phi) is 3.16. The van der Waals surface area contributed by atoms with E-state index < -0.39 is 26.6 Å². The van der Waals surface area contributed by atoms with Gasteiger partial charge in [0.15, 0.2) is 0 Å². The maximum absolute atomic E-state index is 12.7. The minimum Gasteiger partial charge on any atom is -0.274 e. The van der Waals surface area contributed by atoms with Gasteiger partial charge >= 0.3 is 10.2 Å². The smallest absolute Gasteiger partial charge is 0.274 e. The van der Waals surface area contributed by atoms with Crippen molar-refractivity contribution in [3.63, 3.8) is 0 Å². The van der Waals surface area contributed by atoms with Crippen LogP contribution in [0.2, 0.25) is 0 Å². The average Bonchev–Trinajstić information content (AvgIpc) is 2.23. The predicted octanol–water partition coefficient (Wildman–Crippen LogP) is 4.29. The van der Waals surface area contributed by atoms with Gasteiger partial charge in [-0.1, -0.05) is 19.4 Å². The van der Waals surface area contributed by atoms with E-state index in [0.717, 1.165) is 20.2 Å². The van der Waals surface area contributed by atoms with Gasteiger partial charge in [-0.15, -0.1) is 0 Å². The van der Waals surface area contributed by atoms with E-state index in [1.807, 2.05) is 0 Å². The van der Waals surface area contributed by atoms with Gasteiger partial charge < -0.3 is 0 Å². The van der Waals surface area contributed by atoms with Crippen LogP contribution in [0.15, 0.2) is 23.1 Å². The summed E-state index contributed by atoms with van der Waals surface area (Å²) in [5.41, 5.74) is -0.619. The fraction of sp³-hybridized carbons (Fsp3) is 0.300. The highest BCUT2D eigenvalue weighted by molar-refractivity contribution is 8.45. The number of hydrogen-bond acceptors (Lipinski definition) is 2. The van der Waals surface area contributed by atoms with E-state index in [2.05, 4.69) is 4.84 Å². The van der Waals surface area contributed by atoms with Crippen molar-refractivity contribution >= 4 is 16.1 Å². The third-order valence-corrected chi connectivity index (χ3v) is 3.43. The third kappa shape index (κ3) is 3.80. The number of hydrogen-bond donors (Lipinski definition) is 0. The summed E-state index contributed by atoms with van der Waals surface area (Å²) < 4.78 is 63.5. The Morgan fingerprint density at radius 2 is 1.68 bits per heavy atom. The van der Waals surface area contributed by atoms with E-state index in [-0.39, 0.29) is 11.6 Å². The van der Waals surface area contributed by atoms with E-state index in [4.69, 9.17) is 0 Å². The predicted molar refractivity (Wildman–Crippen MR) is 61.7 cm³/mol. The van der Waals surface area contributed by atoms with Gasteiger partial charge in [-0.3, -0.25) is 9.63 Å². The van der Waals surface area contributed by atoms with E-state index >= 15 is 0 Å². The lowest BCUT2D eigenvalue weighted by Gasteiger charge is -2.40. The maximum Gasteiger partial charge on any atom is 0.310 e. The molecule has 0 radical (unpaired) electrons. The summed E-state index contributed by atoms with van der Waals surface area (Å²) in [7, 11) is -7.53. The van der Waals surface area contributed by atoms with Gasteiger partial charge in [0, 0.05) is 12.6 Å². The van der Waals surface area contributed by atoms with Crippen LogP contribution in [0.5, 0.6) is 0 Å². The molecule has 0 aliphatic rings. The van der Waals surface area contributed by atoms with Crippen molar-refractivity contribution in [2.75, 3.05) is 14.2 Å². The van der Waals surface area contributed by atoms with E-state index in [9.17, 15) is 24.2 Å². The molecule has 0 aromatic heterocycles. The minimum atomic E-state index is -9.81. The van der Waals surface area contributed by atoms with E-state index in [0.29, 0.717) is 11.1 Å². The Hall–Kier alpha value is -1.35. The molecule has 0 aliphatic carbocycles. The highest BCUT2D eigenvalue weighted by Gasteiger charge is 2.65. The summed E-state index contributed by atoms with van der Waals surface area (Å²) in [5, 5.41) is 0.643. The molecule has 110 valence electrons. The number of rotatable bonds is 3. The van der Waals surface area contributed by atoms with Gasteiger partial charge in [-0.2, -0.15) is 0 Å². The lowest BCUT2D eigenvalue weighted by molar-refractivity contribution is -0.0757. The van der Waals surface area contributed by atoms with Crippen LogP contribution in [0.3, 0.4) is 0 Å². The molecule has 0 atom stereocenters. The Labute approximate surface area is 106 Å². The van der Waals surface area contributed by atoms with Gasteiger partial charge in [-0.05, 0) is 30.7 Å². The average molecular weight is 305 g/mol. The number of nitrogens with zero attached hydrogens (tertiary/aromatic N) is 1. The molecule has 1 amide bonds. The first-order valence-corrected chi connectivity index (χ1v) is 6.87. The van der Waals surface area contributed by atoms with Crippen LogP contribution >= 0.6 is 10.2 Å². The van der Waals surface area contributed by atoms with Crippen LogP contribution in [0.4, 0.5) is 19.4 Å². The lowest BCUT2D eigenvalue weighted by atomic mass is 10.1. The van der Waals surface area contributed by atoms with Crippen LogP contribution in [0.25, 0.3) is 0 Å². The van der Waals surface area contributed by atoms with Crippen LogP contribution in [-0.2, 0) is 4.84 Å². The number of hydroxylamine groups is 2. The Morgan fingerprint density at radius 3 is 2.11 bits per heavy atom. The zero-order valence-electron chi connectivity index (χ0n) is 10.3. The molecule has 0 unspecified atom stereocenters.